The third-order valence-corrected chi connectivity index (χ3v) is 4.44. The molecular formula is C16H25N3O3. The van der Waals surface area contributed by atoms with Crippen LogP contribution in [0.5, 0.6) is 0 Å². The van der Waals surface area contributed by atoms with Crippen LogP contribution in [0.15, 0.2) is 12.4 Å². The van der Waals surface area contributed by atoms with E-state index < -0.39 is 6.29 Å². The van der Waals surface area contributed by atoms with Crippen molar-refractivity contribution in [2.75, 3.05) is 31.7 Å². The van der Waals surface area contributed by atoms with Crippen molar-refractivity contribution in [2.24, 2.45) is 11.8 Å². The first-order chi connectivity index (χ1) is 10.8. The fraction of sp³-hybridized carbons (Fsp3) is 0.750. The van der Waals surface area contributed by atoms with Gasteiger partial charge in [0.25, 0.3) is 0 Å². The summed E-state index contributed by atoms with van der Waals surface area (Å²) in [6.45, 7) is 2.05. The average molecular weight is 307 g/mol. The SMILES string of the molecule is OCC1COC(c2cnc(NCC3CCCCC3)nc2)OC1. The summed E-state index contributed by atoms with van der Waals surface area (Å²) in [7, 11) is 0. The van der Waals surface area contributed by atoms with Gasteiger partial charge in [0.05, 0.1) is 19.8 Å². The molecule has 1 aliphatic heterocycles. The van der Waals surface area contributed by atoms with Gasteiger partial charge in [-0.15, -0.1) is 0 Å². The predicted molar refractivity (Wildman–Crippen MR) is 82.3 cm³/mol. The Morgan fingerprint density at radius 3 is 2.36 bits per heavy atom. The minimum Gasteiger partial charge on any atom is -0.396 e. The molecule has 2 fully saturated rings. The molecule has 0 amide bonds. The zero-order chi connectivity index (χ0) is 15.2. The molecule has 0 bridgehead atoms. The van der Waals surface area contributed by atoms with E-state index in [2.05, 4.69) is 15.3 Å². The molecule has 2 N–H and O–H groups in total. The Balaban J connectivity index is 1.47. The number of ether oxygens (including phenoxy) is 2. The first-order valence-electron chi connectivity index (χ1n) is 8.25. The first kappa shape index (κ1) is 15.6. The second-order valence-electron chi connectivity index (χ2n) is 6.27. The van der Waals surface area contributed by atoms with Crippen LogP contribution in [-0.4, -0.2) is 41.4 Å². The Morgan fingerprint density at radius 2 is 1.73 bits per heavy atom. The Hall–Kier alpha value is -1.24. The highest BCUT2D eigenvalue weighted by molar-refractivity contribution is 5.25. The van der Waals surface area contributed by atoms with Crippen molar-refractivity contribution in [3.05, 3.63) is 18.0 Å². The van der Waals surface area contributed by atoms with E-state index in [-0.39, 0.29) is 12.5 Å². The topological polar surface area (TPSA) is 76.5 Å². The molecule has 3 rings (SSSR count). The number of anilines is 1. The van der Waals surface area contributed by atoms with Gasteiger partial charge in [0.15, 0.2) is 6.29 Å². The highest BCUT2D eigenvalue weighted by Crippen LogP contribution is 2.25. The molecule has 122 valence electrons. The summed E-state index contributed by atoms with van der Waals surface area (Å²) in [4.78, 5) is 8.69. The lowest BCUT2D eigenvalue weighted by atomic mass is 9.89. The molecule has 1 aromatic heterocycles. The van der Waals surface area contributed by atoms with Crippen LogP contribution in [0.3, 0.4) is 0 Å². The van der Waals surface area contributed by atoms with Gasteiger partial charge in [-0.1, -0.05) is 19.3 Å². The van der Waals surface area contributed by atoms with Crippen molar-refractivity contribution in [3.63, 3.8) is 0 Å². The average Bonchev–Trinajstić information content (AvgIpc) is 2.61. The second kappa shape index (κ2) is 7.85. The number of aromatic nitrogens is 2. The monoisotopic (exact) mass is 307 g/mol. The van der Waals surface area contributed by atoms with E-state index in [0.717, 1.165) is 18.0 Å². The van der Waals surface area contributed by atoms with Crippen molar-refractivity contribution in [1.82, 2.24) is 9.97 Å². The molecule has 2 aliphatic rings. The van der Waals surface area contributed by atoms with Crippen molar-refractivity contribution in [3.8, 4) is 0 Å². The van der Waals surface area contributed by atoms with Crippen LogP contribution >= 0.6 is 0 Å². The number of aliphatic hydroxyl groups excluding tert-OH is 1. The second-order valence-corrected chi connectivity index (χ2v) is 6.27. The van der Waals surface area contributed by atoms with Crippen molar-refractivity contribution >= 4 is 5.95 Å². The molecule has 6 heteroatoms. The first-order valence-corrected chi connectivity index (χ1v) is 8.25. The normalized spacial score (nSPS) is 26.8. The quantitative estimate of drug-likeness (QED) is 0.868. The molecule has 0 atom stereocenters. The maximum Gasteiger partial charge on any atom is 0.222 e. The van der Waals surface area contributed by atoms with E-state index in [0.29, 0.717) is 19.2 Å². The van der Waals surface area contributed by atoms with Gasteiger partial charge in [-0.3, -0.25) is 0 Å². The standard InChI is InChI=1S/C16H25N3O3/c20-9-13-10-21-15(22-11-13)14-7-18-16(19-8-14)17-6-12-4-2-1-3-5-12/h7-8,12-13,15,20H,1-6,9-11H2,(H,17,18,19). The maximum atomic E-state index is 9.06. The molecule has 0 radical (unpaired) electrons. The Bertz CT molecular complexity index is 440. The van der Waals surface area contributed by atoms with Crippen molar-refractivity contribution in [2.45, 2.75) is 38.4 Å². The van der Waals surface area contributed by atoms with Crippen LogP contribution in [0.1, 0.15) is 44.0 Å². The van der Waals surface area contributed by atoms with Crippen LogP contribution in [0.25, 0.3) is 0 Å². The van der Waals surface area contributed by atoms with Crippen LogP contribution in [0, 0.1) is 11.8 Å². The molecule has 0 spiro atoms. The van der Waals surface area contributed by atoms with E-state index in [1.165, 1.54) is 32.1 Å². The van der Waals surface area contributed by atoms with Crippen LogP contribution < -0.4 is 5.32 Å². The summed E-state index contributed by atoms with van der Waals surface area (Å²) in [5, 5.41) is 12.4. The van der Waals surface area contributed by atoms with Crippen LogP contribution in [-0.2, 0) is 9.47 Å². The number of hydrogen-bond donors (Lipinski definition) is 2. The maximum absolute atomic E-state index is 9.06. The predicted octanol–water partition coefficient (Wildman–Crippen LogP) is 2.12. The van der Waals surface area contributed by atoms with Crippen LogP contribution in [0.4, 0.5) is 5.95 Å². The third kappa shape index (κ3) is 4.15. The van der Waals surface area contributed by atoms with Gasteiger partial charge in [-0.05, 0) is 18.8 Å². The van der Waals surface area contributed by atoms with E-state index in [1.54, 1.807) is 12.4 Å². The Morgan fingerprint density at radius 1 is 1.05 bits per heavy atom. The Labute approximate surface area is 131 Å². The molecule has 0 unspecified atom stereocenters. The number of nitrogens with zero attached hydrogens (tertiary/aromatic N) is 2. The lowest BCUT2D eigenvalue weighted by Crippen LogP contribution is -2.29. The van der Waals surface area contributed by atoms with Crippen LogP contribution in [0.2, 0.25) is 0 Å². The largest absolute Gasteiger partial charge is 0.396 e. The summed E-state index contributed by atoms with van der Waals surface area (Å²) in [6.07, 6.45) is 9.76. The Kier molecular flexibility index (Phi) is 5.58. The van der Waals surface area contributed by atoms with Gasteiger partial charge in [0, 0.05) is 30.4 Å². The lowest BCUT2D eigenvalue weighted by Gasteiger charge is -2.28. The summed E-state index contributed by atoms with van der Waals surface area (Å²) < 4.78 is 11.2. The lowest BCUT2D eigenvalue weighted by molar-refractivity contribution is -0.209. The van der Waals surface area contributed by atoms with Crippen molar-refractivity contribution < 1.29 is 14.6 Å². The summed E-state index contributed by atoms with van der Waals surface area (Å²) >= 11 is 0. The number of hydrogen-bond acceptors (Lipinski definition) is 6. The molecule has 1 saturated heterocycles. The fourth-order valence-corrected chi connectivity index (χ4v) is 3.02. The van der Waals surface area contributed by atoms with Gasteiger partial charge in [0.2, 0.25) is 5.95 Å². The molecule has 1 aromatic rings. The summed E-state index contributed by atoms with van der Waals surface area (Å²) in [6, 6.07) is 0. The molecule has 1 aliphatic carbocycles. The van der Waals surface area contributed by atoms with E-state index in [1.807, 2.05) is 0 Å². The molecular weight excluding hydrogens is 282 g/mol. The zero-order valence-electron chi connectivity index (χ0n) is 12.9. The zero-order valence-corrected chi connectivity index (χ0v) is 12.9. The van der Waals surface area contributed by atoms with Gasteiger partial charge in [0.1, 0.15) is 0 Å². The van der Waals surface area contributed by atoms with Gasteiger partial charge < -0.3 is 19.9 Å². The number of rotatable bonds is 5. The third-order valence-electron chi connectivity index (χ3n) is 4.44. The highest BCUT2D eigenvalue weighted by atomic mass is 16.7. The van der Waals surface area contributed by atoms with E-state index in [9.17, 15) is 0 Å². The summed E-state index contributed by atoms with van der Waals surface area (Å²) in [5.41, 5.74) is 0.819. The molecule has 6 nitrogen and oxygen atoms in total. The smallest absolute Gasteiger partial charge is 0.222 e. The fourth-order valence-electron chi connectivity index (χ4n) is 3.02. The molecule has 22 heavy (non-hydrogen) atoms. The number of nitrogens with one attached hydrogen (secondary N) is 1. The number of aliphatic hydroxyl groups is 1. The van der Waals surface area contributed by atoms with E-state index >= 15 is 0 Å². The van der Waals surface area contributed by atoms with Gasteiger partial charge >= 0.3 is 0 Å². The van der Waals surface area contributed by atoms with Gasteiger partial charge in [-0.25, -0.2) is 9.97 Å². The van der Waals surface area contributed by atoms with E-state index in [4.69, 9.17) is 14.6 Å². The highest BCUT2D eigenvalue weighted by Gasteiger charge is 2.23. The minimum absolute atomic E-state index is 0.0635. The summed E-state index contributed by atoms with van der Waals surface area (Å²) in [5.74, 6) is 1.48. The molecule has 1 saturated carbocycles. The molecule has 2 heterocycles. The minimum atomic E-state index is -0.421. The van der Waals surface area contributed by atoms with Crippen molar-refractivity contribution in [1.29, 1.82) is 0 Å². The van der Waals surface area contributed by atoms with Gasteiger partial charge in [-0.2, -0.15) is 0 Å². The molecule has 0 aromatic carbocycles.